The molecule has 0 heterocycles. The second-order valence-corrected chi connectivity index (χ2v) is 4.41. The van der Waals surface area contributed by atoms with Crippen LogP contribution in [0.5, 0.6) is 0 Å². The number of nitrogen functional groups attached to an aromatic ring is 1. The summed E-state index contributed by atoms with van der Waals surface area (Å²) in [6.07, 6.45) is 2.02. The molecule has 18 heavy (non-hydrogen) atoms. The monoisotopic (exact) mass is 244 g/mol. The topological polar surface area (TPSA) is 90.9 Å². The van der Waals surface area contributed by atoms with E-state index in [1.807, 2.05) is 0 Å². The predicted octanol–water partition coefficient (Wildman–Crippen LogP) is 1.08. The van der Waals surface area contributed by atoms with E-state index < -0.39 is 0 Å². The number of carbonyl (C=O) groups is 1. The summed E-state index contributed by atoms with van der Waals surface area (Å²) in [6.45, 7) is 1.15. The zero-order chi connectivity index (χ0) is 13.0. The Bertz CT molecular complexity index is 488. The molecule has 1 saturated carbocycles. The maximum atomic E-state index is 11.4. The number of nitrogens with zero attached hydrogens (tertiary/aromatic N) is 1. The molecule has 0 atom stereocenters. The quantitative estimate of drug-likeness (QED) is 0.534. The third kappa shape index (κ3) is 3.14. The number of hydrogen-bond donors (Lipinski definition) is 3. The van der Waals surface area contributed by atoms with Crippen molar-refractivity contribution in [3.63, 3.8) is 0 Å². The molecular weight excluding hydrogens is 228 g/mol. The van der Waals surface area contributed by atoms with Crippen molar-refractivity contribution >= 4 is 17.3 Å². The maximum Gasteiger partial charge on any atom is 0.223 e. The SMILES string of the molecule is N#Cc1cc(N)ccc1NCCNC(=O)C1CC1. The van der Waals surface area contributed by atoms with Gasteiger partial charge in [0.2, 0.25) is 5.91 Å². The van der Waals surface area contributed by atoms with Crippen molar-refractivity contribution in [1.82, 2.24) is 5.32 Å². The van der Waals surface area contributed by atoms with Crippen LogP contribution in [0.1, 0.15) is 18.4 Å². The van der Waals surface area contributed by atoms with Crippen LogP contribution in [-0.2, 0) is 4.79 Å². The van der Waals surface area contributed by atoms with E-state index in [9.17, 15) is 4.79 Å². The highest BCUT2D eigenvalue weighted by Gasteiger charge is 2.28. The summed E-state index contributed by atoms with van der Waals surface area (Å²) in [4.78, 5) is 11.4. The first kappa shape index (κ1) is 12.2. The summed E-state index contributed by atoms with van der Waals surface area (Å²) in [5.41, 5.74) is 7.43. The first-order valence-electron chi connectivity index (χ1n) is 6.02. The molecule has 0 radical (unpaired) electrons. The molecule has 4 N–H and O–H groups in total. The zero-order valence-corrected chi connectivity index (χ0v) is 10.1. The van der Waals surface area contributed by atoms with Gasteiger partial charge in [-0.1, -0.05) is 0 Å². The number of nitriles is 1. The summed E-state index contributed by atoms with van der Waals surface area (Å²) in [7, 11) is 0. The van der Waals surface area contributed by atoms with Crippen LogP contribution in [-0.4, -0.2) is 19.0 Å². The van der Waals surface area contributed by atoms with Crippen molar-refractivity contribution in [2.24, 2.45) is 5.92 Å². The minimum absolute atomic E-state index is 0.134. The number of carbonyl (C=O) groups excluding carboxylic acids is 1. The number of hydrogen-bond acceptors (Lipinski definition) is 4. The average Bonchev–Trinajstić information content (AvgIpc) is 3.19. The lowest BCUT2D eigenvalue weighted by molar-refractivity contribution is -0.122. The molecule has 94 valence electrons. The highest BCUT2D eigenvalue weighted by atomic mass is 16.2. The van der Waals surface area contributed by atoms with Crippen LogP contribution < -0.4 is 16.4 Å². The number of rotatable bonds is 5. The fraction of sp³-hybridized carbons (Fsp3) is 0.385. The van der Waals surface area contributed by atoms with Gasteiger partial charge in [0, 0.05) is 24.7 Å². The lowest BCUT2D eigenvalue weighted by Crippen LogP contribution is -2.29. The van der Waals surface area contributed by atoms with Gasteiger partial charge in [0.1, 0.15) is 6.07 Å². The minimum atomic E-state index is 0.134. The van der Waals surface area contributed by atoms with E-state index in [0.717, 1.165) is 18.5 Å². The van der Waals surface area contributed by atoms with Crippen LogP contribution in [0.15, 0.2) is 18.2 Å². The number of amides is 1. The minimum Gasteiger partial charge on any atom is -0.399 e. The van der Waals surface area contributed by atoms with Crippen LogP contribution in [0.3, 0.4) is 0 Å². The molecule has 1 amide bonds. The molecule has 5 heteroatoms. The Balaban J connectivity index is 1.79. The van der Waals surface area contributed by atoms with Crippen molar-refractivity contribution in [2.45, 2.75) is 12.8 Å². The Morgan fingerprint density at radius 3 is 2.89 bits per heavy atom. The normalized spacial score (nSPS) is 13.7. The molecule has 1 fully saturated rings. The van der Waals surface area contributed by atoms with E-state index in [-0.39, 0.29) is 11.8 Å². The Morgan fingerprint density at radius 2 is 2.22 bits per heavy atom. The Hall–Kier alpha value is -2.22. The number of anilines is 2. The van der Waals surface area contributed by atoms with Gasteiger partial charge in [0.05, 0.1) is 11.3 Å². The summed E-state index contributed by atoms with van der Waals surface area (Å²) < 4.78 is 0. The first-order chi connectivity index (χ1) is 8.70. The number of benzene rings is 1. The van der Waals surface area contributed by atoms with E-state index in [0.29, 0.717) is 24.3 Å². The van der Waals surface area contributed by atoms with E-state index >= 15 is 0 Å². The van der Waals surface area contributed by atoms with Gasteiger partial charge in [-0.3, -0.25) is 4.79 Å². The Kier molecular flexibility index (Phi) is 3.68. The second kappa shape index (κ2) is 5.41. The molecule has 1 aliphatic rings. The molecule has 0 aliphatic heterocycles. The van der Waals surface area contributed by atoms with Gasteiger partial charge in [-0.2, -0.15) is 5.26 Å². The van der Waals surface area contributed by atoms with Crippen molar-refractivity contribution in [2.75, 3.05) is 24.1 Å². The molecular formula is C13H16N4O. The molecule has 0 spiro atoms. The highest BCUT2D eigenvalue weighted by molar-refractivity contribution is 5.80. The summed E-state index contributed by atoms with van der Waals surface area (Å²) in [5, 5.41) is 14.9. The molecule has 1 aromatic rings. The second-order valence-electron chi connectivity index (χ2n) is 4.41. The molecule has 0 unspecified atom stereocenters. The van der Waals surface area contributed by atoms with Gasteiger partial charge in [-0.25, -0.2) is 0 Å². The number of nitrogens with two attached hydrogens (primary N) is 1. The average molecular weight is 244 g/mol. The van der Waals surface area contributed by atoms with E-state index in [4.69, 9.17) is 11.0 Å². The third-order valence-electron chi connectivity index (χ3n) is 2.85. The maximum absolute atomic E-state index is 11.4. The molecule has 1 aromatic carbocycles. The first-order valence-corrected chi connectivity index (χ1v) is 6.02. The Labute approximate surface area is 106 Å². The molecule has 1 aliphatic carbocycles. The molecule has 0 bridgehead atoms. The molecule has 0 saturated heterocycles. The van der Waals surface area contributed by atoms with Gasteiger partial charge in [-0.15, -0.1) is 0 Å². The van der Waals surface area contributed by atoms with Crippen LogP contribution >= 0.6 is 0 Å². The Morgan fingerprint density at radius 1 is 1.44 bits per heavy atom. The van der Waals surface area contributed by atoms with Gasteiger partial charge in [0.15, 0.2) is 0 Å². The zero-order valence-electron chi connectivity index (χ0n) is 10.1. The van der Waals surface area contributed by atoms with Crippen LogP contribution in [0.4, 0.5) is 11.4 Å². The van der Waals surface area contributed by atoms with Crippen molar-refractivity contribution in [1.29, 1.82) is 5.26 Å². The molecule has 5 nitrogen and oxygen atoms in total. The summed E-state index contributed by atoms with van der Waals surface area (Å²) in [5.74, 6) is 0.366. The smallest absolute Gasteiger partial charge is 0.223 e. The fourth-order valence-electron chi connectivity index (χ4n) is 1.68. The summed E-state index contributed by atoms with van der Waals surface area (Å²) in [6, 6.07) is 7.23. The lowest BCUT2D eigenvalue weighted by Gasteiger charge is -2.09. The van der Waals surface area contributed by atoms with E-state index in [1.54, 1.807) is 18.2 Å². The fourth-order valence-corrected chi connectivity index (χ4v) is 1.68. The third-order valence-corrected chi connectivity index (χ3v) is 2.85. The highest BCUT2D eigenvalue weighted by Crippen LogP contribution is 2.28. The van der Waals surface area contributed by atoms with Crippen molar-refractivity contribution < 1.29 is 4.79 Å². The summed E-state index contributed by atoms with van der Waals surface area (Å²) >= 11 is 0. The number of nitrogens with one attached hydrogen (secondary N) is 2. The van der Waals surface area contributed by atoms with Gasteiger partial charge in [-0.05, 0) is 31.0 Å². The van der Waals surface area contributed by atoms with Crippen molar-refractivity contribution in [3.8, 4) is 6.07 Å². The van der Waals surface area contributed by atoms with Crippen LogP contribution in [0, 0.1) is 17.2 Å². The van der Waals surface area contributed by atoms with Crippen LogP contribution in [0.25, 0.3) is 0 Å². The van der Waals surface area contributed by atoms with E-state index in [1.165, 1.54) is 0 Å². The standard InChI is InChI=1S/C13H16N4O/c14-8-10-7-11(15)3-4-12(10)16-5-6-17-13(18)9-1-2-9/h3-4,7,9,16H,1-2,5-6,15H2,(H,17,18). The largest absolute Gasteiger partial charge is 0.399 e. The van der Waals surface area contributed by atoms with Gasteiger partial charge in [0.25, 0.3) is 0 Å². The van der Waals surface area contributed by atoms with Crippen molar-refractivity contribution in [3.05, 3.63) is 23.8 Å². The van der Waals surface area contributed by atoms with Gasteiger partial charge < -0.3 is 16.4 Å². The lowest BCUT2D eigenvalue weighted by atomic mass is 10.1. The molecule has 0 aromatic heterocycles. The van der Waals surface area contributed by atoms with Gasteiger partial charge >= 0.3 is 0 Å². The molecule has 2 rings (SSSR count). The van der Waals surface area contributed by atoms with Crippen LogP contribution in [0.2, 0.25) is 0 Å². The van der Waals surface area contributed by atoms with E-state index in [2.05, 4.69) is 16.7 Å². The predicted molar refractivity (Wildman–Crippen MR) is 69.8 cm³/mol.